The summed E-state index contributed by atoms with van der Waals surface area (Å²) in [5.74, 6) is -0.133. The molecule has 0 aromatic heterocycles. The number of ether oxygens (including phenoxy) is 2. The van der Waals surface area contributed by atoms with Gasteiger partial charge in [0, 0.05) is 26.2 Å². The summed E-state index contributed by atoms with van der Waals surface area (Å²) in [7, 11) is 4.54. The Morgan fingerprint density at radius 2 is 1.90 bits per heavy atom. The lowest BCUT2D eigenvalue weighted by molar-refractivity contribution is -0.385. The topological polar surface area (TPSA) is 77.2 Å². The summed E-state index contributed by atoms with van der Waals surface area (Å²) in [6.07, 6.45) is -4.56. The van der Waals surface area contributed by atoms with Gasteiger partial charge in [0.05, 0.1) is 22.6 Å². The van der Waals surface area contributed by atoms with Crippen molar-refractivity contribution in [3.63, 3.8) is 0 Å². The number of nitro groups is 1. The molecule has 0 heterocycles. The number of alkyl halides is 3. The van der Waals surface area contributed by atoms with Crippen molar-refractivity contribution in [3.8, 4) is 11.5 Å². The third kappa shape index (κ3) is 5.57. The molecule has 7 nitrogen and oxygen atoms in total. The van der Waals surface area contributed by atoms with E-state index >= 15 is 0 Å². The van der Waals surface area contributed by atoms with Crippen LogP contribution in [0.15, 0.2) is 41.4 Å². The van der Waals surface area contributed by atoms with E-state index in [1.807, 2.05) is 0 Å². The summed E-state index contributed by atoms with van der Waals surface area (Å²) in [4.78, 5) is 16.3. The van der Waals surface area contributed by atoms with Gasteiger partial charge in [-0.05, 0) is 36.5 Å². The van der Waals surface area contributed by atoms with Crippen LogP contribution in [0.25, 0.3) is 0 Å². The van der Waals surface area contributed by atoms with Crippen LogP contribution in [-0.4, -0.2) is 42.0 Å². The van der Waals surface area contributed by atoms with Gasteiger partial charge in [0.25, 0.3) is 5.69 Å². The number of hydrogen-bond donors (Lipinski definition) is 0. The first-order chi connectivity index (χ1) is 13.9. The Bertz CT molecular complexity index is 1010. The highest BCUT2D eigenvalue weighted by Crippen LogP contribution is 2.37. The summed E-state index contributed by atoms with van der Waals surface area (Å²) in [5, 5.41) is 11.2. The first-order valence-electron chi connectivity index (χ1n) is 8.11. The van der Waals surface area contributed by atoms with E-state index in [-0.39, 0.29) is 38.8 Å². The summed E-state index contributed by atoms with van der Waals surface area (Å²) < 4.78 is 49.0. The molecule has 0 saturated carbocycles. The van der Waals surface area contributed by atoms with Crippen molar-refractivity contribution in [1.29, 1.82) is 0 Å². The lowest BCUT2D eigenvalue weighted by Gasteiger charge is -2.13. The minimum Gasteiger partial charge on any atom is -0.480 e. The fourth-order valence-corrected chi connectivity index (χ4v) is 2.50. The first-order valence-corrected chi connectivity index (χ1v) is 8.90. The number of nitro benzene ring substituents is 1. The van der Waals surface area contributed by atoms with E-state index in [4.69, 9.17) is 33.3 Å². The van der Waals surface area contributed by atoms with Crippen LogP contribution in [0.5, 0.6) is 11.5 Å². The maximum absolute atomic E-state index is 12.8. The van der Waals surface area contributed by atoms with E-state index < -0.39 is 16.7 Å². The molecule has 0 amide bonds. The van der Waals surface area contributed by atoms with E-state index in [9.17, 15) is 23.3 Å². The Hall–Kier alpha value is -2.92. The van der Waals surface area contributed by atoms with Crippen LogP contribution in [0.3, 0.4) is 0 Å². The number of benzene rings is 2. The van der Waals surface area contributed by atoms with E-state index in [2.05, 4.69) is 4.99 Å². The minimum atomic E-state index is -4.56. The molecule has 2 aromatic carbocycles. The summed E-state index contributed by atoms with van der Waals surface area (Å²) >= 11 is 11.0. The van der Waals surface area contributed by atoms with Gasteiger partial charge in [0.2, 0.25) is 5.90 Å². The molecule has 2 rings (SSSR count). The third-order valence-corrected chi connectivity index (χ3v) is 4.41. The maximum Gasteiger partial charge on any atom is 0.416 e. The second-order valence-corrected chi connectivity index (χ2v) is 6.75. The second kappa shape index (κ2) is 9.26. The average Bonchev–Trinajstić information content (AvgIpc) is 2.66. The molecule has 0 saturated heterocycles. The smallest absolute Gasteiger partial charge is 0.416 e. The lowest BCUT2D eigenvalue weighted by Crippen LogP contribution is -2.20. The van der Waals surface area contributed by atoms with Crippen molar-refractivity contribution in [2.45, 2.75) is 6.18 Å². The predicted octanol–water partition coefficient (Wildman–Crippen LogP) is 5.30. The number of thiocarbonyl (C=S) groups is 1. The molecule has 0 aliphatic heterocycles. The molecule has 160 valence electrons. The molecule has 0 spiro atoms. The molecule has 0 aliphatic rings. The van der Waals surface area contributed by atoms with Crippen molar-refractivity contribution < 1.29 is 27.6 Å². The maximum atomic E-state index is 12.8. The van der Waals surface area contributed by atoms with Gasteiger partial charge in [-0.15, -0.1) is 0 Å². The number of aliphatic imine (C=N–C) groups is 1. The highest BCUT2D eigenvalue weighted by Gasteiger charge is 2.31. The van der Waals surface area contributed by atoms with Crippen molar-refractivity contribution in [2.24, 2.45) is 4.99 Å². The molecule has 2 aromatic rings. The Morgan fingerprint density at radius 1 is 1.23 bits per heavy atom. The van der Waals surface area contributed by atoms with Crippen LogP contribution in [-0.2, 0) is 10.9 Å². The monoisotopic (exact) mass is 461 g/mol. The first kappa shape index (κ1) is 23.4. The molecule has 0 radical (unpaired) electrons. The van der Waals surface area contributed by atoms with Crippen LogP contribution in [0.2, 0.25) is 5.02 Å². The Morgan fingerprint density at radius 3 is 2.40 bits per heavy atom. The third-order valence-electron chi connectivity index (χ3n) is 3.66. The molecule has 0 atom stereocenters. The zero-order valence-electron chi connectivity index (χ0n) is 15.9. The van der Waals surface area contributed by atoms with Gasteiger partial charge in [-0.25, -0.2) is 0 Å². The molecular weight excluding hydrogens is 447 g/mol. The largest absolute Gasteiger partial charge is 0.480 e. The molecular formula is C18H15ClF3N3O4S. The van der Waals surface area contributed by atoms with Gasteiger partial charge in [0.15, 0.2) is 5.11 Å². The van der Waals surface area contributed by atoms with E-state index in [0.717, 1.165) is 24.3 Å². The van der Waals surface area contributed by atoms with Crippen molar-refractivity contribution in [1.82, 2.24) is 4.90 Å². The van der Waals surface area contributed by atoms with Gasteiger partial charge in [0.1, 0.15) is 17.1 Å². The normalized spacial score (nSPS) is 11.8. The molecule has 30 heavy (non-hydrogen) atoms. The second-order valence-electron chi connectivity index (χ2n) is 5.98. The number of rotatable bonds is 4. The summed E-state index contributed by atoms with van der Waals surface area (Å²) in [6, 6.07) is 6.26. The zero-order valence-corrected chi connectivity index (χ0v) is 17.4. The summed E-state index contributed by atoms with van der Waals surface area (Å²) in [6.45, 7) is 0. The van der Waals surface area contributed by atoms with Crippen LogP contribution in [0.1, 0.15) is 11.1 Å². The Balaban J connectivity index is 2.48. The molecule has 0 N–H and O–H groups in total. The molecule has 0 fully saturated rings. The van der Waals surface area contributed by atoms with Crippen molar-refractivity contribution >= 4 is 40.5 Å². The van der Waals surface area contributed by atoms with Crippen LogP contribution in [0, 0.1) is 10.1 Å². The van der Waals surface area contributed by atoms with Crippen LogP contribution < -0.4 is 4.74 Å². The molecule has 0 unspecified atom stereocenters. The zero-order chi connectivity index (χ0) is 22.6. The molecule has 12 heteroatoms. The summed E-state index contributed by atoms with van der Waals surface area (Å²) in [5.41, 5.74) is -1.30. The van der Waals surface area contributed by atoms with Crippen LogP contribution in [0.4, 0.5) is 18.9 Å². The number of nitrogens with zero attached hydrogens (tertiary/aromatic N) is 3. The molecule has 0 aliphatic carbocycles. The van der Waals surface area contributed by atoms with Gasteiger partial charge < -0.3 is 14.4 Å². The number of hydrogen-bond acceptors (Lipinski definition) is 5. The minimum absolute atomic E-state index is 0.0350. The SMILES string of the molecule is COC(=NC(=S)N(C)C)c1cc(Oc2ccc(C(F)(F)F)cc2Cl)ccc1[N+](=O)[O-]. The van der Waals surface area contributed by atoms with Gasteiger partial charge >= 0.3 is 6.18 Å². The van der Waals surface area contributed by atoms with Crippen molar-refractivity contribution in [2.75, 3.05) is 21.2 Å². The van der Waals surface area contributed by atoms with Gasteiger partial charge in [-0.1, -0.05) is 11.6 Å². The predicted molar refractivity (Wildman–Crippen MR) is 109 cm³/mol. The van der Waals surface area contributed by atoms with Gasteiger partial charge in [-0.2, -0.15) is 18.2 Å². The van der Waals surface area contributed by atoms with Crippen molar-refractivity contribution in [3.05, 3.63) is 62.7 Å². The Kier molecular flexibility index (Phi) is 7.21. The highest BCUT2D eigenvalue weighted by atomic mass is 35.5. The number of halogens is 4. The fraction of sp³-hybridized carbons (Fsp3) is 0.222. The number of methoxy groups -OCH3 is 1. The van der Waals surface area contributed by atoms with Gasteiger partial charge in [-0.3, -0.25) is 10.1 Å². The average molecular weight is 462 g/mol. The molecule has 0 bridgehead atoms. The van der Waals surface area contributed by atoms with E-state index in [1.54, 1.807) is 14.1 Å². The van der Waals surface area contributed by atoms with Crippen LogP contribution >= 0.6 is 23.8 Å². The van der Waals surface area contributed by atoms with E-state index in [0.29, 0.717) is 0 Å². The fourth-order valence-electron chi connectivity index (χ4n) is 2.20. The quantitative estimate of drug-likeness (QED) is 0.202. The standard InChI is InChI=1S/C18H15ClF3N3O4S/c1-24(2)17(30)23-16(28-3)12-9-11(5-6-14(12)25(26)27)29-15-7-4-10(8-13(15)19)18(20,21)22/h4-9H,1-3H3. The highest BCUT2D eigenvalue weighted by molar-refractivity contribution is 7.80. The lowest BCUT2D eigenvalue weighted by atomic mass is 10.1. The van der Waals surface area contributed by atoms with E-state index in [1.165, 1.54) is 24.1 Å². The Labute approximate surface area is 179 Å².